The Morgan fingerprint density at radius 1 is 1.00 bits per heavy atom. The first-order chi connectivity index (χ1) is 10.3. The van der Waals surface area contributed by atoms with Gasteiger partial charge in [-0.25, -0.2) is 0 Å². The standard InChI is InChI=1S/C19H16O2/c20-19-14(10-9-13-5-1-2-7-17(13)19)11-15-12-21-18-8-4-3-6-16(15)18/h1-10,12,14,19-20H,11H2/t14-,19+/m0/s1. The summed E-state index contributed by atoms with van der Waals surface area (Å²) in [5.41, 5.74) is 4.18. The summed E-state index contributed by atoms with van der Waals surface area (Å²) >= 11 is 0. The fourth-order valence-corrected chi connectivity index (χ4v) is 3.12. The fraction of sp³-hybridized carbons (Fsp3) is 0.158. The molecule has 0 bridgehead atoms. The number of aliphatic hydroxyl groups is 1. The molecule has 0 unspecified atom stereocenters. The van der Waals surface area contributed by atoms with Crippen molar-refractivity contribution >= 4 is 17.0 Å². The molecule has 4 rings (SSSR count). The Kier molecular flexibility index (Phi) is 2.90. The molecule has 104 valence electrons. The summed E-state index contributed by atoms with van der Waals surface area (Å²) in [5.74, 6) is 0.0842. The molecule has 1 aromatic heterocycles. The molecular formula is C19H16O2. The highest BCUT2D eigenvalue weighted by atomic mass is 16.3. The van der Waals surface area contributed by atoms with Crippen LogP contribution in [0.1, 0.15) is 22.8 Å². The van der Waals surface area contributed by atoms with Crippen molar-refractivity contribution in [1.82, 2.24) is 0 Å². The molecule has 1 N–H and O–H groups in total. The summed E-state index contributed by atoms with van der Waals surface area (Å²) in [7, 11) is 0. The van der Waals surface area contributed by atoms with Crippen molar-refractivity contribution in [1.29, 1.82) is 0 Å². The van der Waals surface area contributed by atoms with Gasteiger partial charge in [0.1, 0.15) is 5.58 Å². The van der Waals surface area contributed by atoms with Crippen molar-refractivity contribution in [2.45, 2.75) is 12.5 Å². The Morgan fingerprint density at radius 3 is 2.76 bits per heavy atom. The molecular weight excluding hydrogens is 260 g/mol. The Labute approximate surface area is 123 Å². The number of hydrogen-bond acceptors (Lipinski definition) is 2. The smallest absolute Gasteiger partial charge is 0.134 e. The number of benzene rings is 2. The average Bonchev–Trinajstić information content (AvgIpc) is 2.94. The number of hydrogen-bond donors (Lipinski definition) is 1. The van der Waals surface area contributed by atoms with Crippen LogP contribution in [-0.2, 0) is 6.42 Å². The molecule has 0 spiro atoms. The van der Waals surface area contributed by atoms with Crippen LogP contribution in [0.15, 0.2) is 65.3 Å². The number of para-hydroxylation sites is 1. The van der Waals surface area contributed by atoms with E-state index in [1.165, 1.54) is 0 Å². The first-order valence-electron chi connectivity index (χ1n) is 7.23. The van der Waals surface area contributed by atoms with Gasteiger partial charge >= 0.3 is 0 Å². The lowest BCUT2D eigenvalue weighted by molar-refractivity contribution is 0.130. The molecule has 21 heavy (non-hydrogen) atoms. The third-order valence-electron chi connectivity index (χ3n) is 4.26. The van der Waals surface area contributed by atoms with Crippen LogP contribution < -0.4 is 0 Å². The van der Waals surface area contributed by atoms with Gasteiger partial charge in [-0.2, -0.15) is 0 Å². The van der Waals surface area contributed by atoms with Crippen molar-refractivity contribution in [3.05, 3.63) is 77.6 Å². The molecule has 2 heteroatoms. The van der Waals surface area contributed by atoms with E-state index in [1.54, 1.807) is 0 Å². The second-order valence-electron chi connectivity index (χ2n) is 5.56. The van der Waals surface area contributed by atoms with Crippen LogP contribution in [0.25, 0.3) is 17.0 Å². The molecule has 1 aliphatic rings. The quantitative estimate of drug-likeness (QED) is 0.754. The second-order valence-corrected chi connectivity index (χ2v) is 5.56. The maximum Gasteiger partial charge on any atom is 0.134 e. The maximum atomic E-state index is 10.6. The highest BCUT2D eigenvalue weighted by Crippen LogP contribution is 2.35. The van der Waals surface area contributed by atoms with Gasteiger partial charge in [0.25, 0.3) is 0 Å². The van der Waals surface area contributed by atoms with Crippen LogP contribution in [-0.4, -0.2) is 5.11 Å². The van der Waals surface area contributed by atoms with Crippen LogP contribution in [0.2, 0.25) is 0 Å². The predicted molar refractivity (Wildman–Crippen MR) is 83.8 cm³/mol. The number of fused-ring (bicyclic) bond motifs is 2. The minimum atomic E-state index is -0.458. The summed E-state index contributed by atoms with van der Waals surface area (Å²) in [5, 5.41) is 11.7. The van der Waals surface area contributed by atoms with Gasteiger partial charge in [-0.1, -0.05) is 54.6 Å². The highest BCUT2D eigenvalue weighted by molar-refractivity contribution is 5.81. The molecule has 0 aliphatic heterocycles. The topological polar surface area (TPSA) is 33.4 Å². The molecule has 0 amide bonds. The largest absolute Gasteiger partial charge is 0.464 e. The molecule has 0 saturated heterocycles. The molecule has 0 radical (unpaired) electrons. The van der Waals surface area contributed by atoms with Gasteiger partial charge in [0.05, 0.1) is 12.4 Å². The van der Waals surface area contributed by atoms with Gasteiger partial charge in [0.2, 0.25) is 0 Å². The van der Waals surface area contributed by atoms with E-state index in [-0.39, 0.29) is 5.92 Å². The van der Waals surface area contributed by atoms with E-state index < -0.39 is 6.10 Å². The van der Waals surface area contributed by atoms with Crippen LogP contribution in [0, 0.1) is 5.92 Å². The third kappa shape index (κ3) is 2.08. The van der Waals surface area contributed by atoms with Gasteiger partial charge in [-0.05, 0) is 29.2 Å². The normalized spacial score (nSPS) is 20.6. The summed E-state index contributed by atoms with van der Waals surface area (Å²) in [6.45, 7) is 0. The van der Waals surface area contributed by atoms with Gasteiger partial charge < -0.3 is 9.52 Å². The predicted octanol–water partition coefficient (Wildman–Crippen LogP) is 4.35. The van der Waals surface area contributed by atoms with E-state index in [0.29, 0.717) is 0 Å². The molecule has 3 aromatic rings. The zero-order valence-electron chi connectivity index (χ0n) is 11.6. The van der Waals surface area contributed by atoms with Crippen molar-refractivity contribution in [2.75, 3.05) is 0 Å². The Bertz CT molecular complexity index is 813. The summed E-state index contributed by atoms with van der Waals surface area (Å²) < 4.78 is 5.59. The first-order valence-corrected chi connectivity index (χ1v) is 7.23. The van der Waals surface area contributed by atoms with E-state index in [2.05, 4.69) is 18.2 Å². The minimum absolute atomic E-state index is 0.0842. The van der Waals surface area contributed by atoms with E-state index in [1.807, 2.05) is 48.7 Å². The lowest BCUT2D eigenvalue weighted by Crippen LogP contribution is -2.17. The van der Waals surface area contributed by atoms with Gasteiger partial charge in [0.15, 0.2) is 0 Å². The van der Waals surface area contributed by atoms with E-state index in [4.69, 9.17) is 4.42 Å². The molecule has 0 saturated carbocycles. The molecule has 1 heterocycles. The van der Waals surface area contributed by atoms with Crippen molar-refractivity contribution < 1.29 is 9.52 Å². The molecule has 2 aromatic carbocycles. The lowest BCUT2D eigenvalue weighted by atomic mass is 9.83. The van der Waals surface area contributed by atoms with Crippen molar-refractivity contribution in [2.24, 2.45) is 5.92 Å². The molecule has 2 nitrogen and oxygen atoms in total. The summed E-state index contributed by atoms with van der Waals surface area (Å²) in [6, 6.07) is 16.1. The Balaban J connectivity index is 1.67. The Hall–Kier alpha value is -2.32. The van der Waals surface area contributed by atoms with Gasteiger partial charge in [-0.15, -0.1) is 0 Å². The van der Waals surface area contributed by atoms with Crippen LogP contribution in [0.4, 0.5) is 0 Å². The van der Waals surface area contributed by atoms with Gasteiger partial charge in [-0.3, -0.25) is 0 Å². The average molecular weight is 276 g/mol. The van der Waals surface area contributed by atoms with E-state index in [0.717, 1.165) is 34.1 Å². The first kappa shape index (κ1) is 12.4. The van der Waals surface area contributed by atoms with Gasteiger partial charge in [0, 0.05) is 11.3 Å². The summed E-state index contributed by atoms with van der Waals surface area (Å²) in [6.07, 6.45) is 6.35. The third-order valence-corrected chi connectivity index (χ3v) is 4.26. The number of aliphatic hydroxyl groups excluding tert-OH is 1. The summed E-state index contributed by atoms with van der Waals surface area (Å²) in [4.78, 5) is 0. The lowest BCUT2D eigenvalue weighted by Gasteiger charge is -2.25. The van der Waals surface area contributed by atoms with Crippen molar-refractivity contribution in [3.8, 4) is 0 Å². The molecule has 2 atom stereocenters. The SMILES string of the molecule is O[C@H]1c2ccccc2C=C[C@H]1Cc1coc2ccccc12. The van der Waals surface area contributed by atoms with Crippen LogP contribution >= 0.6 is 0 Å². The van der Waals surface area contributed by atoms with E-state index in [9.17, 15) is 5.11 Å². The van der Waals surface area contributed by atoms with Crippen LogP contribution in [0.3, 0.4) is 0 Å². The minimum Gasteiger partial charge on any atom is -0.464 e. The molecule has 0 fully saturated rings. The molecule has 1 aliphatic carbocycles. The number of rotatable bonds is 2. The zero-order valence-corrected chi connectivity index (χ0v) is 11.6. The second kappa shape index (κ2) is 4.90. The van der Waals surface area contributed by atoms with E-state index >= 15 is 0 Å². The number of furan rings is 1. The maximum absolute atomic E-state index is 10.6. The fourth-order valence-electron chi connectivity index (χ4n) is 3.12. The monoisotopic (exact) mass is 276 g/mol. The zero-order chi connectivity index (χ0) is 14.2. The van der Waals surface area contributed by atoms with Crippen LogP contribution in [0.5, 0.6) is 0 Å². The van der Waals surface area contributed by atoms with Crippen molar-refractivity contribution in [3.63, 3.8) is 0 Å². The highest BCUT2D eigenvalue weighted by Gasteiger charge is 2.25. The Morgan fingerprint density at radius 2 is 1.81 bits per heavy atom.